The zero-order valence-corrected chi connectivity index (χ0v) is 25.0. The van der Waals surface area contributed by atoms with E-state index in [1.165, 1.54) is 70.6 Å². The summed E-state index contributed by atoms with van der Waals surface area (Å²) in [7, 11) is 3.66. The average Bonchev–Trinajstić information content (AvgIpc) is 3.37. The number of para-hydroxylation sites is 1. The number of aryl methyl sites for hydroxylation is 1. The van der Waals surface area contributed by atoms with Gasteiger partial charge in [0, 0.05) is 0 Å². The highest BCUT2D eigenvalue weighted by atomic mass is 32.1. The Labute approximate surface area is 239 Å². The highest BCUT2D eigenvalue weighted by molar-refractivity contribution is 7.12. The third-order valence-electron chi connectivity index (χ3n) is 7.06. The molecule has 6 heteroatoms. The second-order valence-electron chi connectivity index (χ2n) is 10.3. The maximum atomic E-state index is 12.9. The maximum Gasteiger partial charge on any atom is 0.270 e. The summed E-state index contributed by atoms with van der Waals surface area (Å²) in [6.07, 6.45) is 18.2. The van der Waals surface area contributed by atoms with Crippen LogP contribution < -0.4 is 19.4 Å². The smallest absolute Gasteiger partial charge is 0.270 e. The van der Waals surface area contributed by atoms with Crippen molar-refractivity contribution in [1.29, 1.82) is 0 Å². The zero-order valence-electron chi connectivity index (χ0n) is 24.2. The Kier molecular flexibility index (Phi) is 13.9. The van der Waals surface area contributed by atoms with Crippen LogP contribution in [-0.2, 0) is 18.3 Å². The van der Waals surface area contributed by atoms with E-state index in [0.29, 0.717) is 12.4 Å². The van der Waals surface area contributed by atoms with E-state index in [1.54, 1.807) is 18.4 Å². The summed E-state index contributed by atoms with van der Waals surface area (Å²) in [4.78, 5) is 12.9. The molecule has 0 fully saturated rings. The lowest BCUT2D eigenvalue weighted by molar-refractivity contribution is -0.655. The van der Waals surface area contributed by atoms with E-state index in [0.717, 1.165) is 34.0 Å². The van der Waals surface area contributed by atoms with Gasteiger partial charge in [-0.05, 0) is 36.2 Å². The van der Waals surface area contributed by atoms with Crippen LogP contribution in [0.3, 0.4) is 0 Å². The number of rotatable bonds is 19. The summed E-state index contributed by atoms with van der Waals surface area (Å²) in [5, 5.41) is 6.23. The van der Waals surface area contributed by atoms with Gasteiger partial charge in [-0.25, -0.2) is 0 Å². The molecule has 3 rings (SSSR count). The first-order valence-corrected chi connectivity index (χ1v) is 15.6. The number of benzene rings is 2. The molecule has 0 aliphatic carbocycles. The molecule has 0 saturated carbocycles. The van der Waals surface area contributed by atoms with Crippen molar-refractivity contribution in [1.82, 2.24) is 0 Å². The van der Waals surface area contributed by atoms with E-state index in [1.807, 2.05) is 61.1 Å². The Hall–Kier alpha value is -2.86. The molecule has 1 amide bonds. The SMILES string of the molecule is CCCCCCCCCCCCCCOc1ccc(CC(=O)Nc2ccccc2-c2scc[n+]2C)cc1OC. The number of nitrogens with one attached hydrogen (secondary N) is 1. The molecule has 1 heterocycles. The van der Waals surface area contributed by atoms with Gasteiger partial charge in [0.15, 0.2) is 17.7 Å². The van der Waals surface area contributed by atoms with Crippen LogP contribution in [0.5, 0.6) is 11.5 Å². The summed E-state index contributed by atoms with van der Waals surface area (Å²) in [5.74, 6) is 1.35. The number of amides is 1. The summed E-state index contributed by atoms with van der Waals surface area (Å²) < 4.78 is 13.7. The Morgan fingerprint density at radius 2 is 1.54 bits per heavy atom. The third-order valence-corrected chi connectivity index (χ3v) is 8.05. The number of ether oxygens (including phenoxy) is 2. The topological polar surface area (TPSA) is 51.4 Å². The monoisotopic (exact) mass is 551 g/mol. The van der Waals surface area contributed by atoms with Crippen molar-refractivity contribution in [2.45, 2.75) is 90.4 Å². The number of methoxy groups -OCH3 is 1. The first-order valence-electron chi connectivity index (χ1n) is 14.7. The minimum absolute atomic E-state index is 0.0612. The van der Waals surface area contributed by atoms with E-state index < -0.39 is 0 Å². The van der Waals surface area contributed by atoms with Gasteiger partial charge in [0.25, 0.3) is 5.01 Å². The molecule has 0 radical (unpaired) electrons. The number of aromatic nitrogens is 1. The van der Waals surface area contributed by atoms with Crippen molar-refractivity contribution in [2.24, 2.45) is 7.05 Å². The first kappa shape index (κ1) is 30.7. The van der Waals surface area contributed by atoms with Gasteiger partial charge < -0.3 is 14.8 Å². The van der Waals surface area contributed by atoms with Gasteiger partial charge in [0.05, 0.1) is 36.8 Å². The van der Waals surface area contributed by atoms with E-state index in [-0.39, 0.29) is 12.3 Å². The predicted octanol–water partition coefficient (Wildman–Crippen LogP) is 8.51. The Morgan fingerprint density at radius 1 is 0.872 bits per heavy atom. The van der Waals surface area contributed by atoms with E-state index in [4.69, 9.17) is 9.47 Å². The molecule has 5 nitrogen and oxygen atoms in total. The number of carbonyl (C=O) groups is 1. The van der Waals surface area contributed by atoms with Crippen LogP contribution in [0.4, 0.5) is 5.69 Å². The molecule has 0 bridgehead atoms. The van der Waals surface area contributed by atoms with Crippen LogP contribution in [0, 0.1) is 0 Å². The van der Waals surface area contributed by atoms with Crippen molar-refractivity contribution in [3.05, 3.63) is 59.6 Å². The van der Waals surface area contributed by atoms with Gasteiger partial charge >= 0.3 is 0 Å². The quantitative estimate of drug-likeness (QED) is 0.120. The van der Waals surface area contributed by atoms with Crippen LogP contribution in [0.25, 0.3) is 10.6 Å². The first-order chi connectivity index (χ1) is 19.1. The summed E-state index contributed by atoms with van der Waals surface area (Å²) in [6.45, 7) is 2.96. The molecule has 39 heavy (non-hydrogen) atoms. The Bertz CT molecular complexity index is 1130. The number of unbranched alkanes of at least 4 members (excludes halogenated alkanes) is 11. The van der Waals surface area contributed by atoms with Gasteiger partial charge in [0.2, 0.25) is 5.91 Å². The third kappa shape index (κ3) is 10.7. The standard InChI is InChI=1S/C33H46N2O3S/c1-4-5-6-7-8-9-10-11-12-13-14-17-23-38-30-21-20-27(25-31(30)37-3)26-32(36)34-29-19-16-15-18-28(29)33-35(2)22-24-39-33/h15-16,18-22,24-25H,4-14,17,23,26H2,1-3H3/p+1. The molecule has 1 aromatic heterocycles. The number of thiazole rings is 1. The molecule has 2 aromatic carbocycles. The van der Waals surface area contributed by atoms with Crippen LogP contribution in [0.1, 0.15) is 89.5 Å². The number of anilines is 1. The van der Waals surface area contributed by atoms with Crippen LogP contribution in [0.15, 0.2) is 54.0 Å². The zero-order chi connectivity index (χ0) is 27.7. The summed E-state index contributed by atoms with van der Waals surface area (Å²) >= 11 is 1.65. The van der Waals surface area contributed by atoms with Gasteiger partial charge in [0.1, 0.15) is 7.05 Å². The summed E-state index contributed by atoms with van der Waals surface area (Å²) in [5.41, 5.74) is 2.72. The average molecular weight is 552 g/mol. The van der Waals surface area contributed by atoms with Gasteiger partial charge in [-0.2, -0.15) is 4.57 Å². The molecule has 1 N–H and O–H groups in total. The minimum atomic E-state index is -0.0612. The number of hydrogen-bond donors (Lipinski definition) is 1. The van der Waals surface area contributed by atoms with Crippen LogP contribution in [0.2, 0.25) is 0 Å². The molecule has 0 aliphatic rings. The predicted molar refractivity (Wildman–Crippen MR) is 163 cm³/mol. The molecule has 3 aromatic rings. The molecule has 0 unspecified atom stereocenters. The largest absolute Gasteiger partial charge is 0.493 e. The van der Waals surface area contributed by atoms with E-state index >= 15 is 0 Å². The van der Waals surface area contributed by atoms with Crippen molar-refractivity contribution in [2.75, 3.05) is 19.0 Å². The van der Waals surface area contributed by atoms with Crippen molar-refractivity contribution < 1.29 is 18.8 Å². The second-order valence-corrected chi connectivity index (χ2v) is 11.2. The fraction of sp³-hybridized carbons (Fsp3) is 0.515. The molecule has 0 saturated heterocycles. The Balaban J connectivity index is 1.37. The fourth-order valence-corrected chi connectivity index (χ4v) is 5.72. The molecular weight excluding hydrogens is 504 g/mol. The number of hydrogen-bond acceptors (Lipinski definition) is 4. The van der Waals surface area contributed by atoms with E-state index in [2.05, 4.69) is 16.8 Å². The lowest BCUT2D eigenvalue weighted by Gasteiger charge is -2.13. The fourth-order valence-electron chi connectivity index (χ4n) is 4.82. The second kappa shape index (κ2) is 17.7. The minimum Gasteiger partial charge on any atom is -0.493 e. The molecular formula is C33H47N2O3S+. The van der Waals surface area contributed by atoms with Gasteiger partial charge in [-0.3, -0.25) is 4.79 Å². The molecule has 0 aliphatic heterocycles. The number of carbonyl (C=O) groups excluding carboxylic acids is 1. The maximum absolute atomic E-state index is 12.9. The highest BCUT2D eigenvalue weighted by Crippen LogP contribution is 2.30. The highest BCUT2D eigenvalue weighted by Gasteiger charge is 2.17. The van der Waals surface area contributed by atoms with Crippen molar-refractivity contribution in [3.63, 3.8) is 0 Å². The van der Waals surface area contributed by atoms with Crippen LogP contribution >= 0.6 is 11.3 Å². The normalized spacial score (nSPS) is 10.9. The lowest BCUT2D eigenvalue weighted by atomic mass is 10.1. The summed E-state index contributed by atoms with van der Waals surface area (Å²) in [6, 6.07) is 13.7. The number of nitrogens with zero attached hydrogens (tertiary/aromatic N) is 1. The van der Waals surface area contributed by atoms with Crippen molar-refractivity contribution in [3.8, 4) is 22.1 Å². The van der Waals surface area contributed by atoms with Gasteiger partial charge in [-0.15, -0.1) is 0 Å². The molecule has 0 spiro atoms. The van der Waals surface area contributed by atoms with Crippen LogP contribution in [-0.4, -0.2) is 19.6 Å². The molecule has 212 valence electrons. The van der Waals surface area contributed by atoms with Gasteiger partial charge in [-0.1, -0.05) is 107 Å². The Morgan fingerprint density at radius 3 is 2.18 bits per heavy atom. The van der Waals surface area contributed by atoms with Crippen molar-refractivity contribution >= 4 is 22.9 Å². The molecule has 0 atom stereocenters. The van der Waals surface area contributed by atoms with E-state index in [9.17, 15) is 4.79 Å². The lowest BCUT2D eigenvalue weighted by Crippen LogP contribution is -2.27.